The predicted molar refractivity (Wildman–Crippen MR) is 75.3 cm³/mol. The predicted octanol–water partition coefficient (Wildman–Crippen LogP) is 2.73. The van der Waals surface area contributed by atoms with Crippen LogP contribution in [-0.4, -0.2) is 14.5 Å². The Morgan fingerprint density at radius 3 is 2.67 bits per heavy atom. The average Bonchev–Trinajstić information content (AvgIpc) is 2.66. The van der Waals surface area contributed by atoms with Gasteiger partial charge in [-0.3, -0.25) is 4.57 Å². The van der Waals surface area contributed by atoms with Crippen molar-refractivity contribution in [3.8, 4) is 5.82 Å². The lowest BCUT2D eigenvalue weighted by Crippen LogP contribution is -2.03. The van der Waals surface area contributed by atoms with Crippen molar-refractivity contribution < 1.29 is 0 Å². The van der Waals surface area contributed by atoms with Crippen LogP contribution in [-0.2, 0) is 0 Å². The van der Waals surface area contributed by atoms with Gasteiger partial charge in [-0.25, -0.2) is 9.97 Å². The van der Waals surface area contributed by atoms with Gasteiger partial charge in [0.2, 0.25) is 0 Å². The van der Waals surface area contributed by atoms with Crippen molar-refractivity contribution in [1.82, 2.24) is 14.5 Å². The van der Waals surface area contributed by atoms with Gasteiger partial charge >= 0.3 is 0 Å². The number of aromatic nitrogens is 3. The van der Waals surface area contributed by atoms with Crippen molar-refractivity contribution in [2.75, 3.05) is 5.73 Å². The number of hydrogen-bond acceptors (Lipinski definition) is 3. The molecule has 0 aliphatic rings. The second kappa shape index (κ2) is 4.66. The van der Waals surface area contributed by atoms with E-state index in [-0.39, 0.29) is 12.4 Å². The van der Waals surface area contributed by atoms with Crippen LogP contribution in [0.15, 0.2) is 42.6 Å². The first-order chi connectivity index (χ1) is 8.27. The number of fused-ring (bicyclic) bond motifs is 1. The number of para-hydroxylation sites is 2. The zero-order chi connectivity index (χ0) is 11.8. The number of nitrogens with zero attached hydrogens (tertiary/aromatic N) is 3. The summed E-state index contributed by atoms with van der Waals surface area (Å²) in [5.74, 6) is 1.62. The quantitative estimate of drug-likeness (QED) is 0.732. The number of anilines is 1. The summed E-state index contributed by atoms with van der Waals surface area (Å²) in [5.41, 5.74) is 8.59. The molecular weight excluding hydrogens is 248 g/mol. The molecule has 0 spiro atoms. The number of aryl methyl sites for hydroxylation is 1. The molecule has 3 aromatic rings. The maximum Gasteiger partial charge on any atom is 0.161 e. The first-order valence-electron chi connectivity index (χ1n) is 5.42. The van der Waals surface area contributed by atoms with Crippen LogP contribution in [0.2, 0.25) is 0 Å². The van der Waals surface area contributed by atoms with Crippen LogP contribution in [0.5, 0.6) is 0 Å². The van der Waals surface area contributed by atoms with Gasteiger partial charge in [-0.2, -0.15) is 0 Å². The van der Waals surface area contributed by atoms with Gasteiger partial charge in [0.15, 0.2) is 5.82 Å². The smallest absolute Gasteiger partial charge is 0.161 e. The van der Waals surface area contributed by atoms with Crippen LogP contribution in [0.4, 0.5) is 5.69 Å². The van der Waals surface area contributed by atoms with E-state index < -0.39 is 0 Å². The van der Waals surface area contributed by atoms with Crippen LogP contribution < -0.4 is 5.73 Å². The van der Waals surface area contributed by atoms with Crippen LogP contribution in [0, 0.1) is 6.92 Å². The van der Waals surface area contributed by atoms with Crippen molar-refractivity contribution >= 4 is 29.1 Å². The van der Waals surface area contributed by atoms with Gasteiger partial charge in [0, 0.05) is 6.20 Å². The molecule has 0 fully saturated rings. The highest BCUT2D eigenvalue weighted by molar-refractivity contribution is 5.85. The molecule has 4 nitrogen and oxygen atoms in total. The summed E-state index contributed by atoms with van der Waals surface area (Å²) in [6.07, 6.45) is 1.74. The van der Waals surface area contributed by atoms with E-state index in [1.165, 1.54) is 0 Å². The van der Waals surface area contributed by atoms with E-state index in [2.05, 4.69) is 9.97 Å². The van der Waals surface area contributed by atoms with Gasteiger partial charge in [0.25, 0.3) is 0 Å². The van der Waals surface area contributed by atoms with E-state index in [0.717, 1.165) is 22.7 Å². The molecule has 0 radical (unpaired) electrons. The molecule has 18 heavy (non-hydrogen) atoms. The Labute approximate surface area is 111 Å². The molecular formula is C13H13ClN4. The number of imidazole rings is 1. The van der Waals surface area contributed by atoms with Crippen LogP contribution >= 0.6 is 12.4 Å². The zero-order valence-electron chi connectivity index (χ0n) is 9.87. The molecule has 5 heteroatoms. The molecule has 1 aromatic carbocycles. The average molecular weight is 261 g/mol. The highest BCUT2D eigenvalue weighted by Crippen LogP contribution is 2.22. The lowest BCUT2D eigenvalue weighted by atomic mass is 10.3. The van der Waals surface area contributed by atoms with Crippen molar-refractivity contribution in [2.24, 2.45) is 0 Å². The summed E-state index contributed by atoms with van der Waals surface area (Å²) in [6, 6.07) is 11.6. The topological polar surface area (TPSA) is 56.7 Å². The van der Waals surface area contributed by atoms with Gasteiger partial charge in [0.1, 0.15) is 5.82 Å². The third-order valence-corrected chi connectivity index (χ3v) is 2.76. The third kappa shape index (κ3) is 1.80. The van der Waals surface area contributed by atoms with Gasteiger partial charge in [-0.05, 0) is 31.2 Å². The summed E-state index contributed by atoms with van der Waals surface area (Å²) >= 11 is 0. The molecule has 0 atom stereocenters. The minimum atomic E-state index is 0. The van der Waals surface area contributed by atoms with Crippen molar-refractivity contribution in [2.45, 2.75) is 6.92 Å². The molecule has 0 aliphatic carbocycles. The third-order valence-electron chi connectivity index (χ3n) is 2.76. The molecule has 2 N–H and O–H groups in total. The van der Waals surface area contributed by atoms with Gasteiger partial charge < -0.3 is 5.73 Å². The summed E-state index contributed by atoms with van der Waals surface area (Å²) in [4.78, 5) is 8.83. The number of hydrogen-bond donors (Lipinski definition) is 1. The summed E-state index contributed by atoms with van der Waals surface area (Å²) in [5, 5.41) is 0. The Kier molecular flexibility index (Phi) is 3.21. The maximum absolute atomic E-state index is 5.96. The van der Waals surface area contributed by atoms with Gasteiger partial charge in [0.05, 0.1) is 16.7 Å². The Morgan fingerprint density at radius 2 is 1.89 bits per heavy atom. The molecule has 0 saturated carbocycles. The number of rotatable bonds is 1. The van der Waals surface area contributed by atoms with E-state index in [1.54, 1.807) is 6.20 Å². The van der Waals surface area contributed by atoms with Gasteiger partial charge in [-0.1, -0.05) is 12.1 Å². The molecule has 2 aromatic heterocycles. The number of nitrogen functional groups attached to an aromatic ring is 1. The fourth-order valence-electron chi connectivity index (χ4n) is 2.01. The van der Waals surface area contributed by atoms with Crippen molar-refractivity contribution in [3.63, 3.8) is 0 Å². The summed E-state index contributed by atoms with van der Waals surface area (Å²) < 4.78 is 1.98. The summed E-state index contributed by atoms with van der Waals surface area (Å²) in [6.45, 7) is 1.95. The Balaban J connectivity index is 0.00000120. The SMILES string of the molecule is Cc1nc2ccccc2n1-c1ncccc1N.Cl. The molecule has 3 rings (SSSR count). The Morgan fingerprint density at radius 1 is 1.11 bits per heavy atom. The number of pyridine rings is 1. The molecule has 92 valence electrons. The Bertz CT molecular complexity index is 690. The maximum atomic E-state index is 5.96. The zero-order valence-corrected chi connectivity index (χ0v) is 10.7. The fourth-order valence-corrected chi connectivity index (χ4v) is 2.01. The number of benzene rings is 1. The second-order valence-corrected chi connectivity index (χ2v) is 3.90. The lowest BCUT2D eigenvalue weighted by molar-refractivity contribution is 0.960. The van der Waals surface area contributed by atoms with Crippen LogP contribution in [0.25, 0.3) is 16.9 Å². The molecule has 0 amide bonds. The first-order valence-corrected chi connectivity index (χ1v) is 5.42. The van der Waals surface area contributed by atoms with E-state index in [1.807, 2.05) is 47.9 Å². The highest BCUT2D eigenvalue weighted by Gasteiger charge is 2.11. The fraction of sp³-hybridized carbons (Fsp3) is 0.0769. The Hall–Kier alpha value is -2.07. The second-order valence-electron chi connectivity index (χ2n) is 3.90. The van der Waals surface area contributed by atoms with E-state index >= 15 is 0 Å². The highest BCUT2D eigenvalue weighted by atomic mass is 35.5. The molecule has 0 aliphatic heterocycles. The molecule has 0 bridgehead atoms. The van der Waals surface area contributed by atoms with E-state index in [9.17, 15) is 0 Å². The standard InChI is InChI=1S/C13H12N4.ClH/c1-9-16-11-6-2-3-7-12(11)17(9)13-10(14)5-4-8-15-13;/h2-8H,14H2,1H3;1H. The molecule has 0 unspecified atom stereocenters. The van der Waals surface area contributed by atoms with Crippen molar-refractivity contribution in [1.29, 1.82) is 0 Å². The molecule has 2 heterocycles. The van der Waals surface area contributed by atoms with E-state index in [0.29, 0.717) is 5.69 Å². The van der Waals surface area contributed by atoms with Gasteiger partial charge in [-0.15, -0.1) is 12.4 Å². The van der Waals surface area contributed by atoms with Crippen molar-refractivity contribution in [3.05, 3.63) is 48.4 Å². The normalized spacial score (nSPS) is 10.3. The minimum absolute atomic E-state index is 0. The summed E-state index contributed by atoms with van der Waals surface area (Å²) in [7, 11) is 0. The largest absolute Gasteiger partial charge is 0.396 e. The monoisotopic (exact) mass is 260 g/mol. The molecule has 0 saturated heterocycles. The van der Waals surface area contributed by atoms with Crippen LogP contribution in [0.3, 0.4) is 0 Å². The van der Waals surface area contributed by atoms with E-state index in [4.69, 9.17) is 5.73 Å². The van der Waals surface area contributed by atoms with Crippen LogP contribution in [0.1, 0.15) is 5.82 Å². The number of nitrogens with two attached hydrogens (primary N) is 1. The first kappa shape index (κ1) is 12.4. The lowest BCUT2D eigenvalue weighted by Gasteiger charge is -2.07. The number of halogens is 1. The minimum Gasteiger partial charge on any atom is -0.396 e.